The van der Waals surface area contributed by atoms with Crippen molar-refractivity contribution in [3.63, 3.8) is 0 Å². The van der Waals surface area contributed by atoms with Crippen molar-refractivity contribution in [3.8, 4) is 0 Å². The number of carbonyl (C=O) groups is 2. The molecule has 21 heavy (non-hydrogen) atoms. The monoisotopic (exact) mass is 288 g/mol. The van der Waals surface area contributed by atoms with E-state index in [1.54, 1.807) is 12.3 Å². The molecule has 0 saturated carbocycles. The highest BCUT2D eigenvalue weighted by atomic mass is 16.4. The molecule has 1 aromatic heterocycles. The highest BCUT2D eigenvalue weighted by Crippen LogP contribution is 2.34. The fraction of sp³-hybridized carbons (Fsp3) is 0.438. The van der Waals surface area contributed by atoms with Gasteiger partial charge in [-0.15, -0.1) is 0 Å². The smallest absolute Gasteiger partial charge is 0.307 e. The average Bonchev–Trinajstić information content (AvgIpc) is 2.43. The number of aliphatic carboxylic acids is 1. The van der Waals surface area contributed by atoms with Crippen molar-refractivity contribution >= 4 is 17.7 Å². The van der Waals surface area contributed by atoms with Gasteiger partial charge in [-0.05, 0) is 45.2 Å². The van der Waals surface area contributed by atoms with Crippen LogP contribution >= 0.6 is 0 Å². The minimum atomic E-state index is -0.918. The first-order valence-corrected chi connectivity index (χ1v) is 7.00. The van der Waals surface area contributed by atoms with E-state index in [0.717, 1.165) is 16.7 Å². The second-order valence-electron chi connectivity index (χ2n) is 5.73. The van der Waals surface area contributed by atoms with Gasteiger partial charge in [0.1, 0.15) is 5.82 Å². The van der Waals surface area contributed by atoms with E-state index in [2.05, 4.69) is 10.3 Å². The van der Waals surface area contributed by atoms with Crippen LogP contribution in [0.1, 0.15) is 32.3 Å². The number of rotatable bonds is 3. The Morgan fingerprint density at radius 2 is 1.76 bits per heavy atom. The van der Waals surface area contributed by atoms with Crippen LogP contribution in [0, 0.1) is 18.8 Å². The van der Waals surface area contributed by atoms with Crippen molar-refractivity contribution < 1.29 is 14.7 Å². The average molecular weight is 288 g/mol. The molecule has 2 N–H and O–H groups in total. The molecule has 0 bridgehead atoms. The fourth-order valence-electron chi connectivity index (χ4n) is 2.59. The molecule has 0 unspecified atom stereocenters. The van der Waals surface area contributed by atoms with Gasteiger partial charge in [-0.25, -0.2) is 4.98 Å². The maximum atomic E-state index is 12.4. The quantitative estimate of drug-likeness (QED) is 0.838. The summed E-state index contributed by atoms with van der Waals surface area (Å²) in [6, 6.07) is 3.58. The third-order valence-electron chi connectivity index (χ3n) is 4.08. The maximum absolute atomic E-state index is 12.4. The molecule has 5 heteroatoms. The van der Waals surface area contributed by atoms with Gasteiger partial charge in [0.25, 0.3) is 0 Å². The van der Waals surface area contributed by atoms with Gasteiger partial charge < -0.3 is 10.4 Å². The van der Waals surface area contributed by atoms with Crippen LogP contribution in [-0.4, -0.2) is 22.0 Å². The zero-order valence-electron chi connectivity index (χ0n) is 12.5. The van der Waals surface area contributed by atoms with E-state index in [-0.39, 0.29) is 5.91 Å². The standard InChI is InChI=1S/C16H20N2O3/c1-9-4-5-14(17-8-9)18-15(19)12-6-10(2)11(3)7-13(12)16(20)21/h4-5,8,12-13H,6-7H2,1-3H3,(H,20,21)(H,17,18,19)/t12-,13-/m1/s1. The van der Waals surface area contributed by atoms with E-state index in [1.165, 1.54) is 0 Å². The van der Waals surface area contributed by atoms with Crippen molar-refractivity contribution in [1.82, 2.24) is 4.98 Å². The maximum Gasteiger partial charge on any atom is 0.307 e. The zero-order valence-corrected chi connectivity index (χ0v) is 12.5. The van der Waals surface area contributed by atoms with Crippen molar-refractivity contribution in [2.75, 3.05) is 5.32 Å². The fourth-order valence-corrected chi connectivity index (χ4v) is 2.59. The van der Waals surface area contributed by atoms with Crippen molar-refractivity contribution in [1.29, 1.82) is 0 Å². The molecule has 0 radical (unpaired) electrons. The molecule has 0 fully saturated rings. The number of aromatic nitrogens is 1. The number of carbonyl (C=O) groups excluding carboxylic acids is 1. The van der Waals surface area contributed by atoms with Gasteiger partial charge in [0.15, 0.2) is 0 Å². The van der Waals surface area contributed by atoms with Crippen molar-refractivity contribution in [3.05, 3.63) is 35.0 Å². The molecule has 2 rings (SSSR count). The van der Waals surface area contributed by atoms with Gasteiger partial charge in [0.2, 0.25) is 5.91 Å². The summed E-state index contributed by atoms with van der Waals surface area (Å²) >= 11 is 0. The molecule has 1 aliphatic rings. The number of hydrogen-bond acceptors (Lipinski definition) is 3. The molecule has 1 aliphatic carbocycles. The van der Waals surface area contributed by atoms with E-state index < -0.39 is 17.8 Å². The van der Waals surface area contributed by atoms with E-state index in [9.17, 15) is 14.7 Å². The number of aryl methyl sites for hydroxylation is 1. The van der Waals surface area contributed by atoms with Crippen LogP contribution in [0.5, 0.6) is 0 Å². The van der Waals surface area contributed by atoms with Gasteiger partial charge in [0, 0.05) is 6.20 Å². The van der Waals surface area contributed by atoms with Crippen LogP contribution in [0.15, 0.2) is 29.5 Å². The molecule has 2 atom stereocenters. The second-order valence-corrected chi connectivity index (χ2v) is 5.73. The molecule has 0 saturated heterocycles. The summed E-state index contributed by atoms with van der Waals surface area (Å²) in [5, 5.41) is 12.1. The van der Waals surface area contributed by atoms with Gasteiger partial charge in [-0.1, -0.05) is 17.2 Å². The number of nitrogens with zero attached hydrogens (tertiary/aromatic N) is 1. The summed E-state index contributed by atoms with van der Waals surface area (Å²) in [4.78, 5) is 27.9. The number of anilines is 1. The van der Waals surface area contributed by atoms with E-state index in [0.29, 0.717) is 18.7 Å². The zero-order chi connectivity index (χ0) is 15.6. The molecule has 1 heterocycles. The number of allylic oxidation sites excluding steroid dienone is 2. The predicted octanol–water partition coefficient (Wildman–Crippen LogP) is 2.78. The molecule has 0 aliphatic heterocycles. The number of hydrogen-bond donors (Lipinski definition) is 2. The van der Waals surface area contributed by atoms with Gasteiger partial charge in [0.05, 0.1) is 11.8 Å². The normalized spacial score (nSPS) is 22.0. The molecule has 0 spiro atoms. The summed E-state index contributed by atoms with van der Waals surface area (Å²) in [6.45, 7) is 5.80. The molecule has 5 nitrogen and oxygen atoms in total. The van der Waals surface area contributed by atoms with Gasteiger partial charge in [-0.3, -0.25) is 9.59 Å². The Hall–Kier alpha value is -2.17. The summed E-state index contributed by atoms with van der Waals surface area (Å²) in [5.41, 5.74) is 3.17. The first-order valence-electron chi connectivity index (χ1n) is 7.00. The minimum Gasteiger partial charge on any atom is -0.481 e. The molecule has 1 aromatic rings. The predicted molar refractivity (Wildman–Crippen MR) is 79.8 cm³/mol. The first-order chi connectivity index (χ1) is 9.88. The topological polar surface area (TPSA) is 79.3 Å². The highest BCUT2D eigenvalue weighted by Gasteiger charge is 2.37. The second kappa shape index (κ2) is 6.08. The van der Waals surface area contributed by atoms with Crippen LogP contribution in [-0.2, 0) is 9.59 Å². The Labute approximate surface area is 124 Å². The Bertz CT molecular complexity index is 590. The molecule has 0 aromatic carbocycles. The summed E-state index contributed by atoms with van der Waals surface area (Å²) in [7, 11) is 0. The molecule has 112 valence electrons. The SMILES string of the molecule is CC1=C(C)C[C@@H](C(=O)Nc2ccc(C)cn2)[C@H](C(=O)O)C1. The lowest BCUT2D eigenvalue weighted by atomic mass is 9.76. The Kier molecular flexibility index (Phi) is 4.40. The van der Waals surface area contributed by atoms with E-state index in [1.807, 2.05) is 26.8 Å². The minimum absolute atomic E-state index is 0.273. The number of nitrogens with one attached hydrogen (secondary N) is 1. The van der Waals surface area contributed by atoms with Crippen molar-refractivity contribution in [2.45, 2.75) is 33.6 Å². The van der Waals surface area contributed by atoms with Crippen LogP contribution in [0.3, 0.4) is 0 Å². The summed E-state index contributed by atoms with van der Waals surface area (Å²) < 4.78 is 0. The lowest BCUT2D eigenvalue weighted by Gasteiger charge is -2.29. The summed E-state index contributed by atoms with van der Waals surface area (Å²) in [5.74, 6) is -1.95. The van der Waals surface area contributed by atoms with E-state index in [4.69, 9.17) is 0 Å². The van der Waals surface area contributed by atoms with Crippen LogP contribution in [0.4, 0.5) is 5.82 Å². The Balaban J connectivity index is 2.16. The van der Waals surface area contributed by atoms with Crippen LogP contribution < -0.4 is 5.32 Å². The number of carboxylic acids is 1. The number of pyridine rings is 1. The van der Waals surface area contributed by atoms with Crippen LogP contribution in [0.25, 0.3) is 0 Å². The van der Waals surface area contributed by atoms with Gasteiger partial charge >= 0.3 is 5.97 Å². The molecule has 1 amide bonds. The summed E-state index contributed by atoms with van der Waals surface area (Å²) in [6.07, 6.45) is 2.58. The van der Waals surface area contributed by atoms with Gasteiger partial charge in [-0.2, -0.15) is 0 Å². The first kappa shape index (κ1) is 15.2. The third kappa shape index (κ3) is 3.48. The number of amides is 1. The highest BCUT2D eigenvalue weighted by molar-refractivity contribution is 5.94. The van der Waals surface area contributed by atoms with E-state index >= 15 is 0 Å². The molecular formula is C16H20N2O3. The molecular weight excluding hydrogens is 268 g/mol. The Morgan fingerprint density at radius 1 is 1.14 bits per heavy atom. The van der Waals surface area contributed by atoms with Crippen molar-refractivity contribution in [2.24, 2.45) is 11.8 Å². The lowest BCUT2D eigenvalue weighted by Crippen LogP contribution is -2.36. The van der Waals surface area contributed by atoms with Crippen LogP contribution in [0.2, 0.25) is 0 Å². The number of carboxylic acid groups (broad SMARTS) is 1. The Morgan fingerprint density at radius 3 is 2.29 bits per heavy atom. The third-order valence-corrected chi connectivity index (χ3v) is 4.08. The largest absolute Gasteiger partial charge is 0.481 e. The lowest BCUT2D eigenvalue weighted by molar-refractivity contribution is -0.146.